The highest BCUT2D eigenvalue weighted by Crippen LogP contribution is 2.38. The van der Waals surface area contributed by atoms with Gasteiger partial charge in [0.25, 0.3) is 0 Å². The van der Waals surface area contributed by atoms with E-state index in [1.54, 1.807) is 0 Å². The summed E-state index contributed by atoms with van der Waals surface area (Å²) in [6, 6.07) is 0. The quantitative estimate of drug-likeness (QED) is 0.698. The molecule has 14 heavy (non-hydrogen) atoms. The Bertz CT molecular complexity index is 218. The number of Topliss-reactive ketones (excluding diaryl/α,β-unsaturated/α-hetero) is 1. The molecule has 0 saturated heterocycles. The van der Waals surface area contributed by atoms with Crippen LogP contribution in [-0.4, -0.2) is 11.3 Å². The predicted molar refractivity (Wildman–Crippen MR) is 57.0 cm³/mol. The average Bonchev–Trinajstić information content (AvgIpc) is 2.19. The molecular weight excluding hydrogens is 174 g/mol. The van der Waals surface area contributed by atoms with Crippen molar-refractivity contribution in [3.63, 3.8) is 0 Å². The number of hydrogen-bond acceptors (Lipinski definition) is 2. The molecule has 0 aromatic heterocycles. The van der Waals surface area contributed by atoms with Crippen LogP contribution in [0.25, 0.3) is 0 Å². The van der Waals surface area contributed by atoms with Crippen molar-refractivity contribution >= 4 is 5.78 Å². The molecule has 0 amide bonds. The fourth-order valence-electron chi connectivity index (χ4n) is 3.15. The molecule has 2 N–H and O–H groups in total. The van der Waals surface area contributed by atoms with Gasteiger partial charge in [-0.25, -0.2) is 0 Å². The van der Waals surface area contributed by atoms with E-state index in [2.05, 4.69) is 0 Å². The Kier molecular flexibility index (Phi) is 2.91. The van der Waals surface area contributed by atoms with E-state index in [-0.39, 0.29) is 11.5 Å². The van der Waals surface area contributed by atoms with E-state index in [4.69, 9.17) is 5.73 Å². The highest BCUT2D eigenvalue weighted by Gasteiger charge is 2.40. The summed E-state index contributed by atoms with van der Waals surface area (Å²) >= 11 is 0. The number of rotatable bonds is 1. The van der Waals surface area contributed by atoms with Crippen molar-refractivity contribution in [1.29, 1.82) is 0 Å². The molecule has 2 fully saturated rings. The zero-order chi connectivity index (χ0) is 10.0. The number of ketones is 1. The predicted octanol–water partition coefficient (Wildman–Crippen LogP) is 2.41. The van der Waals surface area contributed by atoms with Gasteiger partial charge >= 0.3 is 0 Å². The number of nitrogens with two attached hydrogens (primary N) is 1. The van der Waals surface area contributed by atoms with E-state index in [9.17, 15) is 4.79 Å². The summed E-state index contributed by atoms with van der Waals surface area (Å²) in [5.74, 6) is 0.636. The van der Waals surface area contributed by atoms with Crippen LogP contribution in [0, 0.1) is 5.92 Å². The van der Waals surface area contributed by atoms with Crippen LogP contribution in [0.1, 0.15) is 57.8 Å². The summed E-state index contributed by atoms with van der Waals surface area (Å²) in [4.78, 5) is 11.8. The molecule has 2 aliphatic carbocycles. The molecule has 0 unspecified atom stereocenters. The van der Waals surface area contributed by atoms with Crippen LogP contribution in [0.15, 0.2) is 0 Å². The number of carbonyl (C=O) groups is 1. The molecule has 0 radical (unpaired) electrons. The van der Waals surface area contributed by atoms with Gasteiger partial charge in [0.2, 0.25) is 0 Å². The maximum atomic E-state index is 11.8. The second-order valence-electron chi connectivity index (χ2n) is 5.06. The summed E-state index contributed by atoms with van der Waals surface area (Å²) in [6.07, 6.45) is 10.0. The van der Waals surface area contributed by atoms with E-state index < -0.39 is 0 Å². The van der Waals surface area contributed by atoms with Gasteiger partial charge in [0.1, 0.15) is 5.78 Å². The van der Waals surface area contributed by atoms with Gasteiger partial charge in [-0.1, -0.05) is 25.7 Å². The molecule has 0 bridgehead atoms. The normalized spacial score (nSPS) is 32.9. The largest absolute Gasteiger partial charge is 0.324 e. The third kappa shape index (κ3) is 1.85. The zero-order valence-corrected chi connectivity index (χ0v) is 8.93. The topological polar surface area (TPSA) is 43.1 Å². The first kappa shape index (κ1) is 10.2. The Hall–Kier alpha value is -0.370. The van der Waals surface area contributed by atoms with E-state index >= 15 is 0 Å². The minimum Gasteiger partial charge on any atom is -0.324 e. The third-order valence-corrected chi connectivity index (χ3v) is 4.03. The Morgan fingerprint density at radius 1 is 1.07 bits per heavy atom. The first-order valence-electron chi connectivity index (χ1n) is 6.04. The van der Waals surface area contributed by atoms with Crippen LogP contribution < -0.4 is 5.73 Å². The molecule has 0 aromatic rings. The molecule has 0 heterocycles. The molecule has 80 valence electrons. The van der Waals surface area contributed by atoms with Crippen LogP contribution >= 0.6 is 0 Å². The molecule has 2 nitrogen and oxygen atoms in total. The molecule has 2 aliphatic rings. The van der Waals surface area contributed by atoms with Crippen molar-refractivity contribution in [3.05, 3.63) is 0 Å². The van der Waals surface area contributed by atoms with Crippen molar-refractivity contribution in [2.45, 2.75) is 63.3 Å². The lowest BCUT2D eigenvalue weighted by Gasteiger charge is -2.41. The average molecular weight is 195 g/mol. The summed E-state index contributed by atoms with van der Waals surface area (Å²) in [5, 5.41) is 0. The van der Waals surface area contributed by atoms with Gasteiger partial charge in [-0.3, -0.25) is 4.79 Å². The fraction of sp³-hybridized carbons (Fsp3) is 0.917. The van der Waals surface area contributed by atoms with Crippen LogP contribution in [-0.2, 0) is 4.79 Å². The van der Waals surface area contributed by atoms with Crippen molar-refractivity contribution in [2.75, 3.05) is 0 Å². The lowest BCUT2D eigenvalue weighted by atomic mass is 9.67. The molecule has 0 aliphatic heterocycles. The van der Waals surface area contributed by atoms with Gasteiger partial charge in [-0.15, -0.1) is 0 Å². The second-order valence-corrected chi connectivity index (χ2v) is 5.06. The van der Waals surface area contributed by atoms with E-state index in [0.29, 0.717) is 5.78 Å². The van der Waals surface area contributed by atoms with Crippen molar-refractivity contribution in [2.24, 2.45) is 11.7 Å². The van der Waals surface area contributed by atoms with E-state index in [1.165, 1.54) is 25.7 Å². The standard InChI is InChI=1S/C12H21NO/c13-12(8-4-1-5-9-12)10-6-2-3-7-11(10)14/h10H,1-9,13H2/t10-/m0/s1. The molecule has 2 heteroatoms. The number of hydrogen-bond donors (Lipinski definition) is 1. The summed E-state index contributed by atoms with van der Waals surface area (Å²) in [7, 11) is 0. The summed E-state index contributed by atoms with van der Waals surface area (Å²) < 4.78 is 0. The maximum Gasteiger partial charge on any atom is 0.137 e. The Morgan fingerprint density at radius 3 is 2.43 bits per heavy atom. The van der Waals surface area contributed by atoms with Crippen LogP contribution in [0.2, 0.25) is 0 Å². The Morgan fingerprint density at radius 2 is 1.79 bits per heavy atom. The lowest BCUT2D eigenvalue weighted by Crippen LogP contribution is -2.52. The highest BCUT2D eigenvalue weighted by molar-refractivity contribution is 5.83. The Balaban J connectivity index is 2.06. The fourth-order valence-corrected chi connectivity index (χ4v) is 3.15. The first-order chi connectivity index (χ1) is 6.72. The minimum absolute atomic E-state index is 0.129. The summed E-state index contributed by atoms with van der Waals surface area (Å²) in [6.45, 7) is 0. The maximum absolute atomic E-state index is 11.8. The van der Waals surface area contributed by atoms with Crippen LogP contribution in [0.4, 0.5) is 0 Å². The van der Waals surface area contributed by atoms with E-state index in [0.717, 1.165) is 32.1 Å². The smallest absolute Gasteiger partial charge is 0.137 e. The molecular formula is C12H21NO. The second kappa shape index (κ2) is 4.01. The SMILES string of the molecule is NC1([C@H]2CCCCC2=O)CCCCC1. The molecule has 0 aromatic carbocycles. The van der Waals surface area contributed by atoms with Crippen LogP contribution in [0.5, 0.6) is 0 Å². The van der Waals surface area contributed by atoms with Gasteiger partial charge in [0.15, 0.2) is 0 Å². The summed E-state index contributed by atoms with van der Waals surface area (Å²) in [5.41, 5.74) is 6.27. The van der Waals surface area contributed by atoms with Crippen molar-refractivity contribution < 1.29 is 4.79 Å². The lowest BCUT2D eigenvalue weighted by molar-refractivity contribution is -0.127. The van der Waals surface area contributed by atoms with Gasteiger partial charge in [0, 0.05) is 17.9 Å². The minimum atomic E-state index is -0.129. The number of carbonyl (C=O) groups excluding carboxylic acids is 1. The third-order valence-electron chi connectivity index (χ3n) is 4.03. The molecule has 2 rings (SSSR count). The zero-order valence-electron chi connectivity index (χ0n) is 8.93. The van der Waals surface area contributed by atoms with Crippen molar-refractivity contribution in [3.8, 4) is 0 Å². The molecule has 2 saturated carbocycles. The monoisotopic (exact) mass is 195 g/mol. The molecule has 0 spiro atoms. The highest BCUT2D eigenvalue weighted by atomic mass is 16.1. The van der Waals surface area contributed by atoms with E-state index in [1.807, 2.05) is 0 Å². The van der Waals surface area contributed by atoms with Gasteiger partial charge in [-0.2, -0.15) is 0 Å². The van der Waals surface area contributed by atoms with Gasteiger partial charge in [0.05, 0.1) is 0 Å². The van der Waals surface area contributed by atoms with Crippen LogP contribution in [0.3, 0.4) is 0 Å². The van der Waals surface area contributed by atoms with Gasteiger partial charge < -0.3 is 5.73 Å². The first-order valence-corrected chi connectivity index (χ1v) is 6.04. The molecule has 1 atom stereocenters. The Labute approximate surface area is 86.2 Å². The van der Waals surface area contributed by atoms with Crippen molar-refractivity contribution in [1.82, 2.24) is 0 Å². The van der Waals surface area contributed by atoms with Gasteiger partial charge in [-0.05, 0) is 25.7 Å².